The minimum absolute atomic E-state index is 0.0673. The minimum atomic E-state index is -5.56. The number of alkyl halides is 3. The van der Waals surface area contributed by atoms with E-state index in [1.54, 1.807) is 18.2 Å². The van der Waals surface area contributed by atoms with E-state index in [4.69, 9.17) is 36.1 Å². The summed E-state index contributed by atoms with van der Waals surface area (Å²) in [4.78, 5) is 107. The molecular formula is C72H81F3N12O11. The van der Waals surface area contributed by atoms with Crippen LogP contribution >= 0.6 is 0 Å². The van der Waals surface area contributed by atoms with Gasteiger partial charge in [0.05, 0.1) is 40.6 Å². The fourth-order valence-electron chi connectivity index (χ4n) is 12.1. The molecule has 0 bridgehead atoms. The molecule has 23 nitrogen and oxygen atoms in total. The molecule has 3 aromatic heterocycles. The Hall–Kier alpha value is -10.7. The maximum atomic E-state index is 14.8. The zero-order valence-corrected chi connectivity index (χ0v) is 55.2. The summed E-state index contributed by atoms with van der Waals surface area (Å²) in [5.41, 5.74) is 22.0. The second-order valence-electron chi connectivity index (χ2n) is 23.9. The van der Waals surface area contributed by atoms with Gasteiger partial charge in [0.15, 0.2) is 5.60 Å². The Kier molecular flexibility index (Phi) is 23.3. The zero-order chi connectivity index (χ0) is 70.4. The summed E-state index contributed by atoms with van der Waals surface area (Å²) in [6, 6.07) is 29.5. The van der Waals surface area contributed by atoms with E-state index in [1.807, 2.05) is 57.2 Å². The van der Waals surface area contributed by atoms with Crippen molar-refractivity contribution in [2.75, 3.05) is 56.9 Å². The molecular weight excluding hydrogens is 1270 g/mol. The minimum Gasteiger partial charge on any atom is -0.497 e. The molecule has 0 aliphatic carbocycles. The molecule has 0 spiro atoms. The van der Waals surface area contributed by atoms with Gasteiger partial charge in [-0.3, -0.25) is 28.8 Å². The van der Waals surface area contributed by atoms with Crippen LogP contribution in [0.15, 0.2) is 127 Å². The summed E-state index contributed by atoms with van der Waals surface area (Å²) in [5.74, 6) is -4.11. The van der Waals surface area contributed by atoms with Crippen LogP contribution in [0.25, 0.3) is 32.7 Å². The van der Waals surface area contributed by atoms with Gasteiger partial charge < -0.3 is 83.0 Å². The summed E-state index contributed by atoms with van der Waals surface area (Å²) in [5, 5.41) is 19.2. The number of methoxy groups -OCH3 is 3. The largest absolute Gasteiger partial charge is 0.497 e. The van der Waals surface area contributed by atoms with Crippen molar-refractivity contribution in [2.45, 2.75) is 108 Å². The number of H-pyrrole nitrogens is 3. The van der Waals surface area contributed by atoms with Gasteiger partial charge in [0.2, 0.25) is 35.4 Å². The number of nitrogens with one attached hydrogen (secondary N) is 9. The number of halogens is 3. The van der Waals surface area contributed by atoms with Crippen LogP contribution in [0.5, 0.6) is 17.2 Å². The molecule has 516 valence electrons. The van der Waals surface area contributed by atoms with Gasteiger partial charge in [0.25, 0.3) is 0 Å². The molecule has 9 aromatic rings. The Morgan fingerprint density at radius 2 is 0.704 bits per heavy atom. The van der Waals surface area contributed by atoms with Crippen molar-refractivity contribution in [2.24, 2.45) is 17.2 Å². The number of aryl methyl sites for hydroxylation is 3. The lowest BCUT2D eigenvalue weighted by atomic mass is 9.79. The topological polar surface area (TPSA) is 354 Å². The molecule has 0 aliphatic heterocycles. The Labute approximate surface area is 563 Å². The second-order valence-corrected chi connectivity index (χ2v) is 23.9. The number of benzene rings is 6. The van der Waals surface area contributed by atoms with Gasteiger partial charge in [-0.2, -0.15) is 13.2 Å². The van der Waals surface area contributed by atoms with Crippen molar-refractivity contribution in [1.82, 2.24) is 30.9 Å². The number of rotatable bonds is 31. The Balaban J connectivity index is 1.02. The monoisotopic (exact) mass is 1350 g/mol. The van der Waals surface area contributed by atoms with Crippen LogP contribution in [-0.2, 0) is 63.2 Å². The van der Waals surface area contributed by atoms with E-state index in [1.165, 1.54) is 94.1 Å². The maximum Gasteiger partial charge on any atom is 0.490 e. The number of ether oxygens (including phenoxy) is 4. The van der Waals surface area contributed by atoms with Gasteiger partial charge in [0, 0.05) is 83.5 Å². The number of esters is 1. The lowest BCUT2D eigenvalue weighted by Crippen LogP contribution is -2.44. The number of anilines is 3. The van der Waals surface area contributed by atoms with Gasteiger partial charge in [-0.25, -0.2) is 4.79 Å². The second kappa shape index (κ2) is 31.9. The van der Waals surface area contributed by atoms with E-state index in [0.717, 1.165) is 49.8 Å². The number of amides is 6. The molecule has 0 saturated carbocycles. The molecule has 9 rings (SSSR count). The number of nitrogens with two attached hydrogens (primary N) is 3. The molecule has 0 aliphatic rings. The fourth-order valence-corrected chi connectivity index (χ4v) is 12.1. The summed E-state index contributed by atoms with van der Waals surface area (Å²) in [6.45, 7) is 6.09. The van der Waals surface area contributed by atoms with Gasteiger partial charge in [-0.05, 0) is 187 Å². The molecule has 3 heterocycles. The van der Waals surface area contributed by atoms with Gasteiger partial charge >= 0.3 is 12.1 Å². The third-order valence-electron chi connectivity index (χ3n) is 17.2. The van der Waals surface area contributed by atoms with Crippen LogP contribution in [-0.4, -0.2) is 122 Å². The van der Waals surface area contributed by atoms with Gasteiger partial charge in [-0.1, -0.05) is 36.4 Å². The van der Waals surface area contributed by atoms with E-state index < -0.39 is 71.3 Å². The fraction of sp³-hybridized carbons (Fsp3) is 0.319. The average molecular weight is 1350 g/mol. The molecule has 6 amide bonds. The van der Waals surface area contributed by atoms with Crippen molar-refractivity contribution in [3.63, 3.8) is 0 Å². The quantitative estimate of drug-likeness (QED) is 0.0143. The predicted molar refractivity (Wildman–Crippen MR) is 368 cm³/mol. The molecule has 98 heavy (non-hydrogen) atoms. The van der Waals surface area contributed by atoms with E-state index in [-0.39, 0.29) is 91.9 Å². The first kappa shape index (κ1) is 71.6. The number of hydrogen-bond acceptors (Lipinski definition) is 14. The van der Waals surface area contributed by atoms with E-state index >= 15 is 0 Å². The van der Waals surface area contributed by atoms with Crippen LogP contribution in [0.4, 0.5) is 30.2 Å². The zero-order valence-electron chi connectivity index (χ0n) is 55.2. The third kappa shape index (κ3) is 16.9. The number of aromatic nitrogens is 3. The molecule has 3 atom stereocenters. The van der Waals surface area contributed by atoms with Crippen molar-refractivity contribution < 1.29 is 65.7 Å². The first-order valence-electron chi connectivity index (χ1n) is 32.0. The summed E-state index contributed by atoms with van der Waals surface area (Å²) in [7, 11) is 4.60. The number of hydrogen-bond donors (Lipinski definition) is 12. The molecule has 0 radical (unpaired) electrons. The normalized spacial score (nSPS) is 12.5. The maximum absolute atomic E-state index is 14.8. The molecule has 0 fully saturated rings. The van der Waals surface area contributed by atoms with Crippen LogP contribution < -0.4 is 63.3 Å². The van der Waals surface area contributed by atoms with Crippen molar-refractivity contribution in [1.29, 1.82) is 0 Å². The molecule has 26 heteroatoms. The van der Waals surface area contributed by atoms with Crippen LogP contribution in [0.2, 0.25) is 0 Å². The van der Waals surface area contributed by atoms with Crippen molar-refractivity contribution in [3.8, 4) is 17.2 Å². The van der Waals surface area contributed by atoms with Crippen LogP contribution in [0, 0.1) is 20.8 Å². The highest BCUT2D eigenvalue weighted by molar-refractivity contribution is 6.01. The smallest absolute Gasteiger partial charge is 0.490 e. The van der Waals surface area contributed by atoms with Crippen molar-refractivity contribution in [3.05, 3.63) is 178 Å². The molecule has 15 N–H and O–H groups in total. The molecule has 6 aromatic carbocycles. The first-order chi connectivity index (χ1) is 47.0. The van der Waals surface area contributed by atoms with Crippen LogP contribution in [0.3, 0.4) is 0 Å². The predicted octanol–water partition coefficient (Wildman–Crippen LogP) is 8.69. The number of carbonyl (C=O) groups excluding carboxylic acids is 7. The standard InChI is InChI=1S/C72H81F3N12O11/c1-40-52(55-34-49(95-4)25-28-58(55)79-40)37-64(88)85-61(10-7-31-76)67(91)82-46-19-13-43(14-20-46)71(98-70(94)72(73,74)75,44-15-21-47(22-16-44)83-68(92)62(11-8-32-77)86-65(89)38-53-41(2)80-59-29-26-50(96-5)35-56(53)59)45-17-23-48(24-18-45)84-69(93)63(12-9-33-78)87-66(90)39-54-42(3)81-60-30-27-51(97-6)36-57(54)60/h13-30,34-36,61-63,79-81H,7-12,31-33,37-39,76-78H2,1-6H3,(H,82,91)(H,83,92)(H,84,93)(H,85,88)(H,86,89)(H,87,90)/t61-,62-,63-/m1/s1. The van der Waals surface area contributed by atoms with Gasteiger partial charge in [-0.15, -0.1) is 0 Å². The summed E-state index contributed by atoms with van der Waals surface area (Å²) < 4.78 is 66.5. The van der Waals surface area contributed by atoms with Crippen molar-refractivity contribution >= 4 is 91.2 Å². The SMILES string of the molecule is COc1ccc2[nH]c(C)c(CC(=O)N[C@H](CCCN)C(=O)Nc3ccc(C(OC(=O)C(F)(F)F)(c4ccc(NC(=O)[C@@H](CCCN)NC(=O)Cc5c(C)[nH]c6ccc(OC)cc56)cc4)c4ccc(NC(=O)[C@@H](CCCN)NC(=O)Cc5c(C)[nH]c6ccc(OC)cc56)cc4)cc3)c2c1. The molecule has 0 unspecified atom stereocenters. The van der Waals surface area contributed by atoms with E-state index in [0.29, 0.717) is 53.2 Å². The third-order valence-corrected chi connectivity index (χ3v) is 17.2. The molecule has 0 saturated heterocycles. The highest BCUT2D eigenvalue weighted by atomic mass is 19.4. The highest BCUT2D eigenvalue weighted by Gasteiger charge is 2.49. The first-order valence-corrected chi connectivity index (χ1v) is 32.0. The number of fused-ring (bicyclic) bond motifs is 3. The summed E-state index contributed by atoms with van der Waals surface area (Å²) >= 11 is 0. The lowest BCUT2D eigenvalue weighted by Gasteiger charge is -2.36. The van der Waals surface area contributed by atoms with E-state index in [2.05, 4.69) is 46.9 Å². The van der Waals surface area contributed by atoms with Gasteiger partial charge in [0.1, 0.15) is 35.4 Å². The Morgan fingerprint density at radius 3 is 0.949 bits per heavy atom. The Morgan fingerprint density at radius 1 is 0.429 bits per heavy atom. The average Bonchev–Trinajstić information content (AvgIpc) is 1.09. The van der Waals surface area contributed by atoms with Crippen LogP contribution in [0.1, 0.15) is 89.0 Å². The summed E-state index contributed by atoms with van der Waals surface area (Å²) in [6.07, 6.45) is -4.35. The van der Waals surface area contributed by atoms with E-state index in [9.17, 15) is 46.7 Å². The lowest BCUT2D eigenvalue weighted by molar-refractivity contribution is -0.209. The number of carbonyl (C=O) groups is 7. The Bertz CT molecular complexity index is 3940. The highest BCUT2D eigenvalue weighted by Crippen LogP contribution is 2.44. The number of aromatic amines is 3.